The van der Waals surface area contributed by atoms with Crippen LogP contribution in [0.1, 0.15) is 13.8 Å². The summed E-state index contributed by atoms with van der Waals surface area (Å²) in [6.45, 7) is 5.95. The molecule has 0 bridgehead atoms. The SMILES string of the molecule is CCN(CC)c1ccc(/N=N/C2=NC(Cl)C(C(O)P(=O)(O)N=O)S2)cc1. The van der Waals surface area contributed by atoms with E-state index < -0.39 is 24.1 Å². The lowest BCUT2D eigenvalue weighted by atomic mass is 10.2. The van der Waals surface area contributed by atoms with Gasteiger partial charge in [0.15, 0.2) is 5.85 Å². The molecule has 0 saturated carbocycles. The number of amidine groups is 1. The van der Waals surface area contributed by atoms with Gasteiger partial charge in [-0.05, 0) is 38.1 Å². The van der Waals surface area contributed by atoms with Crippen LogP contribution in [-0.2, 0) is 4.57 Å². The molecule has 0 fully saturated rings. The number of hydrogen-bond donors (Lipinski definition) is 2. The highest BCUT2D eigenvalue weighted by Crippen LogP contribution is 2.52. The summed E-state index contributed by atoms with van der Waals surface area (Å²) in [5.74, 6) is -1.92. The van der Waals surface area contributed by atoms with Gasteiger partial charge in [-0.3, -0.25) is 4.57 Å². The number of nitroso groups, excluding NO2 is 1. The highest BCUT2D eigenvalue weighted by Gasteiger charge is 2.45. The molecule has 12 heteroatoms. The zero-order valence-electron chi connectivity index (χ0n) is 14.1. The maximum atomic E-state index is 11.5. The molecule has 4 atom stereocenters. The van der Waals surface area contributed by atoms with Crippen LogP contribution < -0.4 is 4.90 Å². The average Bonchev–Trinajstić information content (AvgIpc) is 3.02. The van der Waals surface area contributed by atoms with E-state index in [0.717, 1.165) is 30.5 Å². The fourth-order valence-corrected chi connectivity index (χ4v) is 4.94. The third kappa shape index (κ3) is 4.89. The van der Waals surface area contributed by atoms with Crippen molar-refractivity contribution in [3.8, 4) is 0 Å². The Hall–Kier alpha value is -1.32. The van der Waals surface area contributed by atoms with Gasteiger partial charge in [0.1, 0.15) is 5.50 Å². The number of aliphatic imine (C=N–C) groups is 1. The molecule has 4 unspecified atom stereocenters. The molecular weight excluding hydrogens is 401 g/mol. The van der Waals surface area contributed by atoms with E-state index >= 15 is 0 Å². The van der Waals surface area contributed by atoms with Gasteiger partial charge in [0.25, 0.3) is 0 Å². The Morgan fingerprint density at radius 3 is 2.46 bits per heavy atom. The van der Waals surface area contributed by atoms with E-state index in [1.807, 2.05) is 12.1 Å². The molecule has 1 aromatic rings. The van der Waals surface area contributed by atoms with Gasteiger partial charge in [0, 0.05) is 23.7 Å². The summed E-state index contributed by atoms with van der Waals surface area (Å²) in [6, 6.07) is 7.47. The second kappa shape index (κ2) is 9.05. The van der Waals surface area contributed by atoms with Crippen LogP contribution in [0, 0.1) is 4.91 Å². The zero-order chi connectivity index (χ0) is 19.3. The molecule has 0 aliphatic carbocycles. The predicted octanol–water partition coefficient (Wildman–Crippen LogP) is 3.92. The second-order valence-corrected chi connectivity index (χ2v) is 8.80. The van der Waals surface area contributed by atoms with Gasteiger partial charge in [-0.1, -0.05) is 23.4 Å². The molecule has 1 aliphatic rings. The predicted molar refractivity (Wildman–Crippen MR) is 105 cm³/mol. The standard InChI is InChI=1S/C14H19ClN5O4PS/c1-3-20(4-2)10-7-5-9(6-8-10)17-18-14-16-12(15)11(26-14)13(21)25(23,24)19-22/h5-8,11-13,21H,3-4H2,1-2H3,(H,23,24)/b18-17+. The lowest BCUT2D eigenvalue weighted by molar-refractivity contribution is 0.226. The fraction of sp³-hybridized carbons (Fsp3) is 0.500. The number of nitrogens with zero attached hydrogens (tertiary/aromatic N) is 5. The van der Waals surface area contributed by atoms with E-state index in [2.05, 4.69) is 38.9 Å². The number of aliphatic hydroxyl groups excluding tert-OH is 1. The normalized spacial score (nSPS) is 23.5. The Balaban J connectivity index is 2.04. The molecule has 2 rings (SSSR count). The van der Waals surface area contributed by atoms with Crippen LogP contribution in [-0.4, -0.2) is 44.9 Å². The summed E-state index contributed by atoms with van der Waals surface area (Å²) in [7, 11) is -4.61. The van der Waals surface area contributed by atoms with Crippen molar-refractivity contribution >= 4 is 47.4 Å². The van der Waals surface area contributed by atoms with Crippen molar-refractivity contribution in [3.63, 3.8) is 0 Å². The van der Waals surface area contributed by atoms with Crippen molar-refractivity contribution < 1.29 is 14.6 Å². The number of benzene rings is 1. The molecule has 0 saturated heterocycles. The number of thioether (sulfide) groups is 1. The van der Waals surface area contributed by atoms with Gasteiger partial charge < -0.3 is 14.9 Å². The lowest BCUT2D eigenvalue weighted by Gasteiger charge is -2.20. The van der Waals surface area contributed by atoms with Crippen LogP contribution in [0.2, 0.25) is 0 Å². The molecule has 0 amide bonds. The van der Waals surface area contributed by atoms with Crippen molar-refractivity contribution in [1.29, 1.82) is 0 Å². The van der Waals surface area contributed by atoms with Gasteiger partial charge in [0.2, 0.25) is 5.17 Å². The van der Waals surface area contributed by atoms with Gasteiger partial charge in [-0.25, -0.2) is 4.99 Å². The van der Waals surface area contributed by atoms with Crippen LogP contribution in [0.4, 0.5) is 11.4 Å². The van der Waals surface area contributed by atoms with Crippen LogP contribution in [0.5, 0.6) is 0 Å². The van der Waals surface area contributed by atoms with E-state index in [0.29, 0.717) is 5.69 Å². The smallest absolute Gasteiger partial charge is 0.378 e. The quantitative estimate of drug-likeness (QED) is 0.226. The van der Waals surface area contributed by atoms with E-state index in [-0.39, 0.29) is 5.17 Å². The van der Waals surface area contributed by atoms with E-state index in [4.69, 9.17) is 11.6 Å². The van der Waals surface area contributed by atoms with E-state index in [1.54, 1.807) is 12.1 Å². The number of anilines is 1. The van der Waals surface area contributed by atoms with Crippen LogP contribution in [0.25, 0.3) is 0 Å². The number of alkyl halides is 1. The Morgan fingerprint density at radius 1 is 1.31 bits per heavy atom. The minimum Gasteiger partial charge on any atom is -0.380 e. The number of hydrogen-bond acceptors (Lipinski definition) is 8. The van der Waals surface area contributed by atoms with Crippen LogP contribution in [0.15, 0.2) is 44.4 Å². The molecule has 0 radical (unpaired) electrons. The number of azo groups is 1. The van der Waals surface area contributed by atoms with Crippen LogP contribution >= 0.6 is 30.9 Å². The first-order valence-electron chi connectivity index (χ1n) is 7.83. The zero-order valence-corrected chi connectivity index (χ0v) is 16.6. The summed E-state index contributed by atoms with van der Waals surface area (Å²) < 4.78 is 11.5. The molecule has 142 valence electrons. The second-order valence-electron chi connectivity index (χ2n) is 5.34. The largest absolute Gasteiger partial charge is 0.380 e. The first-order chi connectivity index (χ1) is 12.3. The highest BCUT2D eigenvalue weighted by molar-refractivity contribution is 8.15. The first kappa shape index (κ1) is 21.0. The van der Waals surface area contributed by atoms with Crippen LogP contribution in [0.3, 0.4) is 0 Å². The fourth-order valence-electron chi connectivity index (χ4n) is 2.30. The molecule has 0 aromatic heterocycles. The van der Waals surface area contributed by atoms with Gasteiger partial charge in [0.05, 0.1) is 10.9 Å². The molecule has 9 nitrogen and oxygen atoms in total. The Morgan fingerprint density at radius 2 is 1.92 bits per heavy atom. The lowest BCUT2D eigenvalue weighted by Crippen LogP contribution is -2.27. The molecule has 26 heavy (non-hydrogen) atoms. The summed E-state index contributed by atoms with van der Waals surface area (Å²) >= 11 is 6.82. The van der Waals surface area contributed by atoms with E-state index in [9.17, 15) is 19.5 Å². The Kier molecular flexibility index (Phi) is 7.31. The van der Waals surface area contributed by atoms with Crippen molar-refractivity contribution in [3.05, 3.63) is 29.2 Å². The third-order valence-corrected chi connectivity index (χ3v) is 6.88. The summed E-state index contributed by atoms with van der Waals surface area (Å²) in [5.41, 5.74) is 0.656. The van der Waals surface area contributed by atoms with Crippen molar-refractivity contribution in [1.82, 2.24) is 0 Å². The molecular formula is C14H19ClN5O4PS. The number of rotatable bonds is 7. The number of halogens is 1. The molecule has 1 aliphatic heterocycles. The van der Waals surface area contributed by atoms with Crippen molar-refractivity contribution in [2.24, 2.45) is 20.2 Å². The monoisotopic (exact) mass is 419 g/mol. The van der Waals surface area contributed by atoms with Gasteiger partial charge in [-0.2, -0.15) is 0 Å². The first-order valence-corrected chi connectivity index (χ1v) is 10.8. The minimum absolute atomic E-state index is 0.146. The molecule has 2 N–H and O–H groups in total. The minimum atomic E-state index is -4.61. The van der Waals surface area contributed by atoms with Crippen molar-refractivity contribution in [2.75, 3.05) is 18.0 Å². The van der Waals surface area contributed by atoms with Gasteiger partial charge in [-0.15, -0.1) is 15.1 Å². The van der Waals surface area contributed by atoms with E-state index in [1.165, 1.54) is 0 Å². The topological polar surface area (TPSA) is 127 Å². The molecule has 1 heterocycles. The summed E-state index contributed by atoms with van der Waals surface area (Å²) in [6.07, 6.45) is 0. The Labute approximate surface area is 160 Å². The molecule has 0 spiro atoms. The number of aliphatic hydroxyl groups is 1. The molecule has 1 aromatic carbocycles. The summed E-state index contributed by atoms with van der Waals surface area (Å²) in [5, 5.41) is 16.9. The van der Waals surface area contributed by atoms with Crippen molar-refractivity contribution in [2.45, 2.75) is 30.4 Å². The summed E-state index contributed by atoms with van der Waals surface area (Å²) in [4.78, 5) is 27.9. The Bertz CT molecular complexity index is 743. The van der Waals surface area contributed by atoms with Gasteiger partial charge >= 0.3 is 7.52 Å². The maximum absolute atomic E-state index is 11.5. The third-order valence-electron chi connectivity index (χ3n) is 3.73. The maximum Gasteiger partial charge on any atom is 0.378 e. The highest BCUT2D eigenvalue weighted by atomic mass is 35.5. The average molecular weight is 420 g/mol.